The highest BCUT2D eigenvalue weighted by Crippen LogP contribution is 2.48. The van der Waals surface area contributed by atoms with Gasteiger partial charge < -0.3 is 16.0 Å². The Bertz CT molecular complexity index is 1200. The van der Waals surface area contributed by atoms with Crippen LogP contribution < -0.4 is 16.0 Å². The number of hydrogen-bond acceptors (Lipinski definition) is 3. The van der Waals surface area contributed by atoms with Gasteiger partial charge in [0.15, 0.2) is 5.66 Å². The molecule has 1 atom stereocenters. The van der Waals surface area contributed by atoms with Gasteiger partial charge in [-0.2, -0.15) is 13.2 Å². The third-order valence-corrected chi connectivity index (χ3v) is 7.36. The summed E-state index contributed by atoms with van der Waals surface area (Å²) in [5, 5.41) is 10.8. The van der Waals surface area contributed by atoms with Crippen molar-refractivity contribution < 1.29 is 18.0 Å². The predicted octanol–water partition coefficient (Wildman–Crippen LogP) is 7.28. The summed E-state index contributed by atoms with van der Waals surface area (Å²) < 4.78 is 40.0. The van der Waals surface area contributed by atoms with Gasteiger partial charge in [0.1, 0.15) is 5.92 Å². The fourth-order valence-corrected chi connectivity index (χ4v) is 5.45. The first-order chi connectivity index (χ1) is 17.3. The number of amides is 1. The number of rotatable bonds is 5. The van der Waals surface area contributed by atoms with Gasteiger partial charge >= 0.3 is 6.18 Å². The molecule has 1 saturated carbocycles. The van der Waals surface area contributed by atoms with Gasteiger partial charge in [0.25, 0.3) is 0 Å². The first-order valence-corrected chi connectivity index (χ1v) is 12.5. The molecule has 0 saturated heterocycles. The van der Waals surface area contributed by atoms with Crippen molar-refractivity contribution in [1.29, 1.82) is 0 Å². The molecule has 1 aliphatic heterocycles. The minimum absolute atomic E-state index is 0.0363. The maximum atomic E-state index is 14.0. The smallest absolute Gasteiger partial charge is 0.356 e. The number of alkyl halides is 3. The van der Waals surface area contributed by atoms with Crippen molar-refractivity contribution in [3.05, 3.63) is 94.5 Å². The van der Waals surface area contributed by atoms with Crippen LogP contribution in [0.1, 0.15) is 54.7 Å². The van der Waals surface area contributed by atoms with E-state index in [1.807, 2.05) is 36.4 Å². The topological polar surface area (TPSA) is 53.2 Å². The average molecular weight is 514 g/mol. The Morgan fingerprint density at radius 2 is 1.47 bits per heavy atom. The molecule has 0 spiro atoms. The van der Waals surface area contributed by atoms with Gasteiger partial charge in [0.2, 0.25) is 5.91 Å². The van der Waals surface area contributed by atoms with Crippen molar-refractivity contribution in [2.24, 2.45) is 0 Å². The molecule has 1 unspecified atom stereocenters. The quantitative estimate of drug-likeness (QED) is 0.336. The number of fused-ring (bicyclic) bond motifs is 1. The fraction of sp³-hybridized carbons (Fsp3) is 0.321. The Morgan fingerprint density at radius 3 is 2.03 bits per heavy atom. The summed E-state index contributed by atoms with van der Waals surface area (Å²) in [5.74, 6) is -1.13. The zero-order valence-electron chi connectivity index (χ0n) is 19.5. The first-order valence-electron chi connectivity index (χ1n) is 12.2. The lowest BCUT2D eigenvalue weighted by Crippen LogP contribution is -2.52. The van der Waals surface area contributed by atoms with Crippen LogP contribution in [0.15, 0.2) is 72.8 Å². The monoisotopic (exact) mass is 513 g/mol. The molecule has 0 bridgehead atoms. The van der Waals surface area contributed by atoms with E-state index in [4.69, 9.17) is 11.6 Å². The molecule has 188 valence electrons. The molecule has 3 aromatic carbocycles. The number of hydrogen-bond donors (Lipinski definition) is 3. The maximum Gasteiger partial charge on any atom is 0.416 e. The molecule has 8 heteroatoms. The van der Waals surface area contributed by atoms with Crippen LogP contribution in [0.5, 0.6) is 0 Å². The molecule has 36 heavy (non-hydrogen) atoms. The highest BCUT2D eigenvalue weighted by atomic mass is 35.5. The van der Waals surface area contributed by atoms with Crippen molar-refractivity contribution in [2.45, 2.75) is 55.9 Å². The summed E-state index contributed by atoms with van der Waals surface area (Å²) in [7, 11) is 0. The molecule has 4 nitrogen and oxygen atoms in total. The molecule has 5 rings (SSSR count). The van der Waals surface area contributed by atoms with Gasteiger partial charge in [-0.05, 0) is 60.4 Å². The Kier molecular flexibility index (Phi) is 6.60. The average Bonchev–Trinajstić information content (AvgIpc) is 3.25. The van der Waals surface area contributed by atoms with Crippen LogP contribution in [0, 0.1) is 0 Å². The molecule has 0 radical (unpaired) electrons. The molecule has 1 amide bonds. The second-order valence-corrected chi connectivity index (χ2v) is 9.94. The van der Waals surface area contributed by atoms with Gasteiger partial charge in [-0.25, -0.2) is 0 Å². The van der Waals surface area contributed by atoms with Crippen molar-refractivity contribution in [3.8, 4) is 0 Å². The van der Waals surface area contributed by atoms with Gasteiger partial charge in [-0.15, -0.1) is 0 Å². The number of benzene rings is 3. The molecule has 0 aromatic heterocycles. The zero-order valence-corrected chi connectivity index (χ0v) is 20.3. The minimum atomic E-state index is -4.47. The maximum absolute atomic E-state index is 14.0. The van der Waals surface area contributed by atoms with Crippen LogP contribution in [0.25, 0.3) is 0 Å². The number of carbonyl (C=O) groups is 1. The third kappa shape index (κ3) is 4.76. The Balaban J connectivity index is 1.62. The molecule has 1 aliphatic carbocycles. The van der Waals surface area contributed by atoms with Crippen molar-refractivity contribution in [1.82, 2.24) is 5.32 Å². The molecule has 3 N–H and O–H groups in total. The first kappa shape index (κ1) is 24.5. The second-order valence-electron chi connectivity index (χ2n) is 9.51. The van der Waals surface area contributed by atoms with E-state index in [0.717, 1.165) is 61.2 Å². The summed E-state index contributed by atoms with van der Waals surface area (Å²) in [6, 6.07) is 19.7. The van der Waals surface area contributed by atoms with Crippen LogP contribution in [0.4, 0.5) is 24.5 Å². The van der Waals surface area contributed by atoms with E-state index in [0.29, 0.717) is 10.6 Å². The van der Waals surface area contributed by atoms with E-state index in [-0.39, 0.29) is 11.9 Å². The highest BCUT2D eigenvalue weighted by Gasteiger charge is 2.49. The van der Waals surface area contributed by atoms with E-state index < -0.39 is 23.3 Å². The highest BCUT2D eigenvalue weighted by molar-refractivity contribution is 6.30. The van der Waals surface area contributed by atoms with E-state index in [9.17, 15) is 18.0 Å². The number of anilines is 2. The van der Waals surface area contributed by atoms with Crippen LogP contribution in [-0.4, -0.2) is 11.9 Å². The third-order valence-electron chi connectivity index (χ3n) is 7.11. The van der Waals surface area contributed by atoms with E-state index >= 15 is 0 Å². The number of halogens is 4. The summed E-state index contributed by atoms with van der Waals surface area (Å²) in [5.41, 5.74) is 0.914. The summed E-state index contributed by atoms with van der Waals surface area (Å²) in [4.78, 5) is 14.0. The second kappa shape index (κ2) is 9.69. The van der Waals surface area contributed by atoms with Crippen molar-refractivity contribution >= 4 is 28.9 Å². The van der Waals surface area contributed by atoms with Crippen molar-refractivity contribution in [3.63, 3.8) is 0 Å². The number of nitrogens with one attached hydrogen (secondary N) is 3. The lowest BCUT2D eigenvalue weighted by molar-refractivity contribution is -0.137. The minimum Gasteiger partial charge on any atom is -0.356 e. The van der Waals surface area contributed by atoms with E-state index in [1.165, 1.54) is 12.1 Å². The van der Waals surface area contributed by atoms with Gasteiger partial charge in [0, 0.05) is 11.1 Å². The Hall–Kier alpha value is -3.19. The van der Waals surface area contributed by atoms with Gasteiger partial charge in [-0.1, -0.05) is 67.3 Å². The molecule has 1 fully saturated rings. The molecule has 2 aliphatic rings. The summed E-state index contributed by atoms with van der Waals surface area (Å²) in [6.45, 7) is 0. The van der Waals surface area contributed by atoms with Crippen LogP contribution in [-0.2, 0) is 16.6 Å². The molecule has 3 aromatic rings. The fourth-order valence-electron chi connectivity index (χ4n) is 5.32. The molecule has 1 heterocycles. The number of carbonyl (C=O) groups excluding carboxylic acids is 1. The summed E-state index contributed by atoms with van der Waals surface area (Å²) in [6.07, 6.45) is 0.537. The standard InChI is InChI=1S/C28H27ClF3N3O/c29-21-16-14-19(15-17-21)27(34-23-8-4-5-9-24(23)35-27)25(26(36)33-22-6-2-1-3-7-22)18-10-12-20(13-11-18)28(30,31)32/h4-5,8-17,22,25,34-35H,1-3,6-7H2,(H,33,36). The summed E-state index contributed by atoms with van der Waals surface area (Å²) >= 11 is 6.17. The van der Waals surface area contributed by atoms with Crippen molar-refractivity contribution in [2.75, 3.05) is 10.6 Å². The lowest BCUT2D eigenvalue weighted by Gasteiger charge is -2.39. The SMILES string of the molecule is O=C(NC1CCCCC1)C(c1ccc(C(F)(F)F)cc1)C1(c2ccc(Cl)cc2)Nc2ccccc2N1. The Labute approximate surface area is 213 Å². The largest absolute Gasteiger partial charge is 0.416 e. The molecular formula is C28H27ClF3N3O. The molecular weight excluding hydrogens is 487 g/mol. The van der Waals surface area contributed by atoms with E-state index in [1.54, 1.807) is 12.1 Å². The van der Waals surface area contributed by atoms with Gasteiger partial charge in [0.05, 0.1) is 16.9 Å². The van der Waals surface area contributed by atoms with Gasteiger partial charge in [-0.3, -0.25) is 4.79 Å². The van der Waals surface area contributed by atoms with Crippen LogP contribution >= 0.6 is 11.6 Å². The van der Waals surface area contributed by atoms with Crippen LogP contribution in [0.2, 0.25) is 5.02 Å². The van der Waals surface area contributed by atoms with E-state index in [2.05, 4.69) is 16.0 Å². The lowest BCUT2D eigenvalue weighted by atomic mass is 9.79. The normalized spacial score (nSPS) is 18.0. The van der Waals surface area contributed by atoms with Crippen LogP contribution in [0.3, 0.4) is 0 Å². The predicted molar refractivity (Wildman–Crippen MR) is 136 cm³/mol. The number of para-hydroxylation sites is 2. The Morgan fingerprint density at radius 1 is 0.889 bits per heavy atom. The zero-order chi connectivity index (χ0) is 25.3.